The Hall–Kier alpha value is -1.93. The zero-order valence-electron chi connectivity index (χ0n) is 15.8. The van der Waals surface area contributed by atoms with E-state index in [0.717, 1.165) is 0 Å². The molecule has 1 amide bonds. The maximum absolute atomic E-state index is 12.4. The first-order chi connectivity index (χ1) is 12.0. The fourth-order valence-corrected chi connectivity index (χ4v) is 2.69. The lowest BCUT2D eigenvalue weighted by atomic mass is 10.0. The van der Waals surface area contributed by atoms with Crippen molar-refractivity contribution in [2.24, 2.45) is 5.92 Å². The van der Waals surface area contributed by atoms with Crippen molar-refractivity contribution in [1.29, 1.82) is 0 Å². The Morgan fingerprint density at radius 2 is 2.00 bits per heavy atom. The Balaban J connectivity index is 0.00000151. The largest absolute Gasteiger partial charge is 0.396 e. The van der Waals surface area contributed by atoms with Crippen molar-refractivity contribution in [2.75, 3.05) is 35.3 Å². The van der Waals surface area contributed by atoms with Gasteiger partial charge in [0.15, 0.2) is 11.6 Å². The topological polar surface area (TPSA) is 111 Å². The van der Waals surface area contributed by atoms with Gasteiger partial charge in [0.05, 0.1) is 12.6 Å². The minimum Gasteiger partial charge on any atom is -0.396 e. The number of carbonyl (C=O) groups excluding carboxylic acids is 1. The van der Waals surface area contributed by atoms with Gasteiger partial charge in [-0.15, -0.1) is 0 Å². The van der Waals surface area contributed by atoms with E-state index < -0.39 is 6.04 Å². The van der Waals surface area contributed by atoms with Gasteiger partial charge in [-0.2, -0.15) is 0 Å². The summed E-state index contributed by atoms with van der Waals surface area (Å²) in [6.07, 6.45) is 1.78. The van der Waals surface area contributed by atoms with Gasteiger partial charge in [-0.05, 0) is 19.3 Å². The maximum Gasteiger partial charge on any atom is 0.247 e. The van der Waals surface area contributed by atoms with E-state index in [4.69, 9.17) is 0 Å². The monoisotopic (exact) mass is 353 g/mol. The quantitative estimate of drug-likeness (QED) is 0.587. The molecule has 1 aliphatic heterocycles. The lowest BCUT2D eigenvalue weighted by molar-refractivity contribution is -0.118. The van der Waals surface area contributed by atoms with Crippen LogP contribution in [0.4, 0.5) is 17.3 Å². The third-order valence-corrected chi connectivity index (χ3v) is 4.09. The summed E-state index contributed by atoms with van der Waals surface area (Å²) in [7, 11) is 0. The highest BCUT2D eigenvalue weighted by Crippen LogP contribution is 2.35. The SMILES string of the molecule is CC.CCN1c2ncnc(NC(CO)C(C)C)c2NC(=O)C1CCO. The second kappa shape index (κ2) is 10.1. The minimum absolute atomic E-state index is 0.0327. The number of nitrogens with zero attached hydrogens (tertiary/aromatic N) is 3. The van der Waals surface area contributed by atoms with Gasteiger partial charge >= 0.3 is 0 Å². The number of aromatic nitrogens is 2. The van der Waals surface area contributed by atoms with E-state index in [-0.39, 0.29) is 31.1 Å². The van der Waals surface area contributed by atoms with Crippen LogP contribution in [0.25, 0.3) is 0 Å². The highest BCUT2D eigenvalue weighted by molar-refractivity contribution is 6.05. The molecule has 2 heterocycles. The van der Waals surface area contributed by atoms with Crippen LogP contribution < -0.4 is 15.5 Å². The summed E-state index contributed by atoms with van der Waals surface area (Å²) in [6, 6.07) is -0.616. The minimum atomic E-state index is -0.445. The van der Waals surface area contributed by atoms with Crippen molar-refractivity contribution in [3.8, 4) is 0 Å². The van der Waals surface area contributed by atoms with Gasteiger partial charge in [0.2, 0.25) is 5.91 Å². The second-order valence-corrected chi connectivity index (χ2v) is 5.90. The number of hydrogen-bond acceptors (Lipinski definition) is 7. The zero-order valence-corrected chi connectivity index (χ0v) is 15.8. The Labute approximate surface area is 149 Å². The van der Waals surface area contributed by atoms with E-state index in [1.807, 2.05) is 39.5 Å². The summed E-state index contributed by atoms with van der Waals surface area (Å²) >= 11 is 0. The van der Waals surface area contributed by atoms with Crippen LogP contribution in [0.2, 0.25) is 0 Å². The summed E-state index contributed by atoms with van der Waals surface area (Å²) in [5, 5.41) is 24.7. The Bertz CT molecular complexity index is 553. The van der Waals surface area contributed by atoms with Crippen LogP contribution in [0.5, 0.6) is 0 Å². The predicted molar refractivity (Wildman–Crippen MR) is 99.9 cm³/mol. The molecule has 1 aromatic rings. The van der Waals surface area contributed by atoms with Gasteiger partial charge < -0.3 is 25.7 Å². The molecule has 4 N–H and O–H groups in total. The Kier molecular flexibility index (Phi) is 8.57. The van der Waals surface area contributed by atoms with Gasteiger partial charge in [-0.3, -0.25) is 4.79 Å². The maximum atomic E-state index is 12.4. The molecule has 0 aromatic carbocycles. The number of anilines is 3. The number of likely N-dealkylation sites (N-methyl/N-ethyl adjacent to an activating group) is 1. The van der Waals surface area contributed by atoms with E-state index >= 15 is 0 Å². The molecule has 1 aliphatic rings. The van der Waals surface area contributed by atoms with Crippen molar-refractivity contribution < 1.29 is 15.0 Å². The summed E-state index contributed by atoms with van der Waals surface area (Å²) in [4.78, 5) is 22.7. The van der Waals surface area contributed by atoms with Crippen molar-refractivity contribution in [3.05, 3.63) is 6.33 Å². The number of aliphatic hydroxyl groups is 2. The number of nitrogens with one attached hydrogen (secondary N) is 2. The number of amides is 1. The van der Waals surface area contributed by atoms with Crippen LogP contribution >= 0.6 is 0 Å². The molecule has 8 heteroatoms. The fraction of sp³-hybridized carbons (Fsp3) is 0.706. The molecule has 2 rings (SSSR count). The van der Waals surface area contributed by atoms with E-state index in [2.05, 4.69) is 20.6 Å². The fourth-order valence-electron chi connectivity index (χ4n) is 2.69. The van der Waals surface area contributed by atoms with E-state index in [1.165, 1.54) is 6.33 Å². The third kappa shape index (κ3) is 4.79. The molecule has 0 bridgehead atoms. The van der Waals surface area contributed by atoms with Crippen LogP contribution in [0.1, 0.15) is 41.0 Å². The number of fused-ring (bicyclic) bond motifs is 1. The van der Waals surface area contributed by atoms with E-state index in [1.54, 1.807) is 0 Å². The summed E-state index contributed by atoms with van der Waals surface area (Å²) in [5.74, 6) is 1.14. The molecular weight excluding hydrogens is 322 g/mol. The van der Waals surface area contributed by atoms with Gasteiger partial charge in [-0.1, -0.05) is 27.7 Å². The summed E-state index contributed by atoms with van der Waals surface area (Å²) in [5.41, 5.74) is 0.521. The van der Waals surface area contributed by atoms with Crippen LogP contribution in [0, 0.1) is 5.92 Å². The summed E-state index contributed by atoms with van der Waals surface area (Å²) < 4.78 is 0. The molecule has 2 unspecified atom stereocenters. The molecule has 0 aliphatic carbocycles. The summed E-state index contributed by atoms with van der Waals surface area (Å²) in [6.45, 7) is 10.4. The second-order valence-electron chi connectivity index (χ2n) is 5.90. The third-order valence-electron chi connectivity index (χ3n) is 4.09. The Morgan fingerprint density at radius 3 is 2.52 bits per heavy atom. The van der Waals surface area contributed by atoms with Gasteiger partial charge in [0.1, 0.15) is 18.1 Å². The molecule has 0 spiro atoms. The van der Waals surface area contributed by atoms with Crippen LogP contribution in [0.15, 0.2) is 6.33 Å². The van der Waals surface area contributed by atoms with Crippen molar-refractivity contribution in [1.82, 2.24) is 9.97 Å². The lowest BCUT2D eigenvalue weighted by Crippen LogP contribution is -2.49. The van der Waals surface area contributed by atoms with Gasteiger partial charge in [-0.25, -0.2) is 9.97 Å². The number of carbonyl (C=O) groups is 1. The number of hydrogen-bond donors (Lipinski definition) is 4. The van der Waals surface area contributed by atoms with Crippen molar-refractivity contribution in [3.63, 3.8) is 0 Å². The molecule has 25 heavy (non-hydrogen) atoms. The molecular formula is C17H31N5O3. The van der Waals surface area contributed by atoms with Crippen molar-refractivity contribution >= 4 is 23.2 Å². The lowest BCUT2D eigenvalue weighted by Gasteiger charge is -2.36. The van der Waals surface area contributed by atoms with Gasteiger partial charge in [0.25, 0.3) is 0 Å². The standard InChI is InChI=1S/C15H25N5O3.C2H6/c1-4-20-11(5-6-21)15(23)19-12-13(16-8-17-14(12)20)18-10(7-22)9(2)3;1-2/h8-11,21-22H,4-7H2,1-3H3,(H,19,23)(H,16,17,18);1-2H3. The zero-order chi connectivity index (χ0) is 19.0. The highest BCUT2D eigenvalue weighted by atomic mass is 16.3. The van der Waals surface area contributed by atoms with Crippen LogP contribution in [-0.2, 0) is 4.79 Å². The molecule has 0 fully saturated rings. The normalized spacial score (nSPS) is 17.4. The van der Waals surface area contributed by atoms with E-state index in [9.17, 15) is 15.0 Å². The first-order valence-electron chi connectivity index (χ1n) is 8.94. The molecule has 8 nitrogen and oxygen atoms in total. The average Bonchev–Trinajstić information content (AvgIpc) is 2.62. The number of aliphatic hydroxyl groups excluding tert-OH is 2. The predicted octanol–water partition coefficient (Wildman–Crippen LogP) is 1.46. The highest BCUT2D eigenvalue weighted by Gasteiger charge is 2.34. The molecule has 0 radical (unpaired) electrons. The first-order valence-corrected chi connectivity index (χ1v) is 8.94. The molecule has 1 aromatic heterocycles. The molecule has 2 atom stereocenters. The molecule has 142 valence electrons. The molecule has 0 saturated carbocycles. The van der Waals surface area contributed by atoms with Crippen molar-refractivity contribution in [2.45, 2.75) is 53.1 Å². The van der Waals surface area contributed by atoms with Crippen LogP contribution in [0.3, 0.4) is 0 Å². The molecule has 0 saturated heterocycles. The van der Waals surface area contributed by atoms with Gasteiger partial charge in [0, 0.05) is 13.2 Å². The van der Waals surface area contributed by atoms with Crippen LogP contribution in [-0.4, -0.2) is 57.9 Å². The number of rotatable bonds is 7. The first kappa shape index (κ1) is 21.1. The Morgan fingerprint density at radius 1 is 1.32 bits per heavy atom. The average molecular weight is 353 g/mol. The van der Waals surface area contributed by atoms with E-state index in [0.29, 0.717) is 30.3 Å². The smallest absolute Gasteiger partial charge is 0.247 e.